The molecule has 1 saturated heterocycles. The Hall–Kier alpha value is -1.26. The van der Waals surface area contributed by atoms with Crippen molar-refractivity contribution in [1.82, 2.24) is 10.2 Å². The molecular formula is C12H20N2O3. The standard InChI is InChI=1S/C12H20N2O3/c1-12(2)6-9(12)13-11(17)14-5-3-4-8(7-14)10(15)16/h8-9H,3-7H2,1-2H3,(H,13,17)(H,15,16)/t8-,9?/m0/s1. The van der Waals surface area contributed by atoms with Gasteiger partial charge in [0.15, 0.2) is 0 Å². The molecule has 0 aromatic carbocycles. The fourth-order valence-corrected chi connectivity index (χ4v) is 2.32. The Balaban J connectivity index is 1.85. The molecular weight excluding hydrogens is 220 g/mol. The summed E-state index contributed by atoms with van der Waals surface area (Å²) in [4.78, 5) is 24.5. The molecule has 0 aromatic heterocycles. The molecule has 1 aliphatic heterocycles. The smallest absolute Gasteiger partial charge is 0.317 e. The maximum atomic E-state index is 11.9. The first kappa shape index (κ1) is 12.2. The molecule has 2 N–H and O–H groups in total. The Morgan fingerprint density at radius 3 is 2.59 bits per heavy atom. The van der Waals surface area contributed by atoms with Crippen LogP contribution in [0.2, 0.25) is 0 Å². The zero-order valence-corrected chi connectivity index (χ0v) is 10.4. The molecule has 0 radical (unpaired) electrons. The summed E-state index contributed by atoms with van der Waals surface area (Å²) in [6.45, 7) is 5.25. The highest BCUT2D eigenvalue weighted by molar-refractivity contribution is 5.77. The summed E-state index contributed by atoms with van der Waals surface area (Å²) in [6.07, 6.45) is 2.46. The molecule has 5 heteroatoms. The molecule has 5 nitrogen and oxygen atoms in total. The van der Waals surface area contributed by atoms with E-state index in [2.05, 4.69) is 19.2 Å². The predicted octanol–water partition coefficient (Wildman–Crippen LogP) is 1.29. The maximum absolute atomic E-state index is 11.9. The van der Waals surface area contributed by atoms with Gasteiger partial charge in [-0.05, 0) is 24.7 Å². The molecule has 0 bridgehead atoms. The number of rotatable bonds is 2. The average Bonchev–Trinajstić information content (AvgIpc) is 2.86. The van der Waals surface area contributed by atoms with Crippen LogP contribution in [-0.4, -0.2) is 41.1 Å². The number of carbonyl (C=O) groups excluding carboxylic acids is 1. The van der Waals surface area contributed by atoms with E-state index in [1.807, 2.05) is 0 Å². The summed E-state index contributed by atoms with van der Waals surface area (Å²) in [7, 11) is 0. The van der Waals surface area contributed by atoms with E-state index in [9.17, 15) is 9.59 Å². The number of carboxylic acid groups (broad SMARTS) is 1. The van der Waals surface area contributed by atoms with Crippen molar-refractivity contribution in [3.63, 3.8) is 0 Å². The molecule has 96 valence electrons. The fraction of sp³-hybridized carbons (Fsp3) is 0.833. The van der Waals surface area contributed by atoms with E-state index in [1.54, 1.807) is 4.90 Å². The van der Waals surface area contributed by atoms with Gasteiger partial charge in [0.1, 0.15) is 0 Å². The third-order valence-electron chi connectivity index (χ3n) is 3.87. The van der Waals surface area contributed by atoms with Crippen molar-refractivity contribution < 1.29 is 14.7 Å². The van der Waals surface area contributed by atoms with Gasteiger partial charge in [-0.15, -0.1) is 0 Å². The first-order valence-corrected chi connectivity index (χ1v) is 6.18. The van der Waals surface area contributed by atoms with Gasteiger partial charge in [-0.25, -0.2) is 4.79 Å². The number of hydrogen-bond donors (Lipinski definition) is 2. The van der Waals surface area contributed by atoms with Crippen molar-refractivity contribution >= 4 is 12.0 Å². The largest absolute Gasteiger partial charge is 0.481 e. The highest BCUT2D eigenvalue weighted by Gasteiger charge is 2.47. The van der Waals surface area contributed by atoms with Gasteiger partial charge in [-0.1, -0.05) is 13.8 Å². The zero-order valence-electron chi connectivity index (χ0n) is 10.4. The molecule has 0 aromatic rings. The lowest BCUT2D eigenvalue weighted by molar-refractivity contribution is -0.143. The molecule has 2 amide bonds. The lowest BCUT2D eigenvalue weighted by Gasteiger charge is -2.31. The Labute approximate surface area is 101 Å². The summed E-state index contributed by atoms with van der Waals surface area (Å²) < 4.78 is 0. The Kier molecular flexibility index (Phi) is 3.02. The van der Waals surface area contributed by atoms with E-state index >= 15 is 0 Å². The number of likely N-dealkylation sites (tertiary alicyclic amines) is 1. The van der Waals surface area contributed by atoms with Gasteiger partial charge in [0.05, 0.1) is 5.92 Å². The minimum absolute atomic E-state index is 0.105. The first-order valence-electron chi connectivity index (χ1n) is 6.18. The lowest BCUT2D eigenvalue weighted by Crippen LogP contribution is -2.48. The van der Waals surface area contributed by atoms with Crippen molar-refractivity contribution in [1.29, 1.82) is 0 Å². The van der Waals surface area contributed by atoms with Crippen molar-refractivity contribution in [3.05, 3.63) is 0 Å². The minimum Gasteiger partial charge on any atom is -0.481 e. The van der Waals surface area contributed by atoms with Gasteiger partial charge in [-0.2, -0.15) is 0 Å². The van der Waals surface area contributed by atoms with Crippen LogP contribution in [-0.2, 0) is 4.79 Å². The van der Waals surface area contributed by atoms with Gasteiger partial charge in [0.2, 0.25) is 0 Å². The van der Waals surface area contributed by atoms with Crippen molar-refractivity contribution in [3.8, 4) is 0 Å². The Morgan fingerprint density at radius 2 is 2.06 bits per heavy atom. The Morgan fingerprint density at radius 1 is 1.41 bits per heavy atom. The first-order chi connectivity index (χ1) is 7.90. The molecule has 2 aliphatic rings. The quantitative estimate of drug-likeness (QED) is 0.764. The highest BCUT2D eigenvalue weighted by Crippen LogP contribution is 2.44. The van der Waals surface area contributed by atoms with E-state index < -0.39 is 11.9 Å². The number of piperidine rings is 1. The number of amides is 2. The molecule has 1 saturated carbocycles. The molecule has 2 fully saturated rings. The topological polar surface area (TPSA) is 69.6 Å². The summed E-state index contributed by atoms with van der Waals surface area (Å²) >= 11 is 0. The third-order valence-corrected chi connectivity index (χ3v) is 3.87. The minimum atomic E-state index is -0.797. The van der Waals surface area contributed by atoms with Crippen molar-refractivity contribution in [2.24, 2.45) is 11.3 Å². The number of carbonyl (C=O) groups is 2. The van der Waals surface area contributed by atoms with Crippen LogP contribution in [0.15, 0.2) is 0 Å². The van der Waals surface area contributed by atoms with Gasteiger partial charge >= 0.3 is 12.0 Å². The molecule has 1 heterocycles. The fourth-order valence-electron chi connectivity index (χ4n) is 2.32. The van der Waals surface area contributed by atoms with E-state index in [0.717, 1.165) is 12.8 Å². The highest BCUT2D eigenvalue weighted by atomic mass is 16.4. The summed E-state index contributed by atoms with van der Waals surface area (Å²) in [6, 6.07) is 0.145. The van der Waals surface area contributed by atoms with Gasteiger partial charge in [-0.3, -0.25) is 4.79 Å². The van der Waals surface area contributed by atoms with Crippen molar-refractivity contribution in [2.45, 2.75) is 39.2 Å². The van der Waals surface area contributed by atoms with Crippen LogP contribution >= 0.6 is 0 Å². The summed E-state index contributed by atoms with van der Waals surface area (Å²) in [5.41, 5.74) is 0.206. The van der Waals surface area contributed by atoms with Crippen LogP contribution in [0.25, 0.3) is 0 Å². The maximum Gasteiger partial charge on any atom is 0.317 e. The average molecular weight is 240 g/mol. The third kappa shape index (κ3) is 2.70. The van der Waals surface area contributed by atoms with Gasteiger partial charge < -0.3 is 15.3 Å². The lowest BCUT2D eigenvalue weighted by atomic mass is 9.99. The predicted molar refractivity (Wildman–Crippen MR) is 62.7 cm³/mol. The normalized spacial score (nSPS) is 30.8. The molecule has 2 rings (SSSR count). The molecule has 1 aliphatic carbocycles. The van der Waals surface area contributed by atoms with Crippen LogP contribution in [0.5, 0.6) is 0 Å². The number of nitrogens with one attached hydrogen (secondary N) is 1. The van der Waals surface area contributed by atoms with E-state index in [-0.39, 0.29) is 17.5 Å². The van der Waals surface area contributed by atoms with Crippen LogP contribution in [0.4, 0.5) is 4.79 Å². The van der Waals surface area contributed by atoms with E-state index in [1.165, 1.54) is 0 Å². The van der Waals surface area contributed by atoms with Crippen LogP contribution in [0.1, 0.15) is 33.1 Å². The number of aliphatic carboxylic acids is 1. The summed E-state index contributed by atoms with van der Waals surface area (Å²) in [5.74, 6) is -1.20. The van der Waals surface area contributed by atoms with Crippen LogP contribution < -0.4 is 5.32 Å². The number of carboxylic acids is 1. The zero-order chi connectivity index (χ0) is 12.6. The molecule has 2 atom stereocenters. The van der Waals surface area contributed by atoms with Crippen LogP contribution in [0, 0.1) is 11.3 Å². The molecule has 17 heavy (non-hydrogen) atoms. The second-order valence-corrected chi connectivity index (χ2v) is 5.82. The SMILES string of the molecule is CC1(C)CC1NC(=O)N1CCC[C@H](C(=O)O)C1. The van der Waals surface area contributed by atoms with Crippen molar-refractivity contribution in [2.75, 3.05) is 13.1 Å². The van der Waals surface area contributed by atoms with Gasteiger partial charge in [0, 0.05) is 19.1 Å². The summed E-state index contributed by atoms with van der Waals surface area (Å²) in [5, 5.41) is 11.9. The second-order valence-electron chi connectivity index (χ2n) is 5.82. The van der Waals surface area contributed by atoms with Crippen LogP contribution in [0.3, 0.4) is 0 Å². The van der Waals surface area contributed by atoms with E-state index in [4.69, 9.17) is 5.11 Å². The number of hydrogen-bond acceptors (Lipinski definition) is 2. The number of nitrogens with zero attached hydrogens (tertiary/aromatic N) is 1. The number of urea groups is 1. The van der Waals surface area contributed by atoms with E-state index in [0.29, 0.717) is 19.5 Å². The monoisotopic (exact) mass is 240 g/mol. The van der Waals surface area contributed by atoms with Gasteiger partial charge in [0.25, 0.3) is 0 Å². The Bertz CT molecular complexity index is 341. The molecule has 0 spiro atoms. The second kappa shape index (κ2) is 4.20. The molecule has 1 unspecified atom stereocenters.